The monoisotopic (exact) mass is 271 g/mol. The van der Waals surface area contributed by atoms with E-state index in [0.717, 1.165) is 5.69 Å². The molecule has 2 rings (SSSR count). The van der Waals surface area contributed by atoms with E-state index in [1.54, 1.807) is 4.90 Å². The molecule has 0 aliphatic rings. The number of hydrogen-bond donors (Lipinski definition) is 2. The zero-order valence-electron chi connectivity index (χ0n) is 11.1. The van der Waals surface area contributed by atoms with Gasteiger partial charge in [-0.25, -0.2) is 0 Å². The first kappa shape index (κ1) is 14.0. The van der Waals surface area contributed by atoms with Gasteiger partial charge >= 0.3 is 0 Å². The van der Waals surface area contributed by atoms with E-state index < -0.39 is 0 Å². The molecule has 104 valence electrons. The van der Waals surface area contributed by atoms with Gasteiger partial charge in [-0.1, -0.05) is 18.2 Å². The molecule has 20 heavy (non-hydrogen) atoms. The van der Waals surface area contributed by atoms with Gasteiger partial charge in [0.05, 0.1) is 11.8 Å². The van der Waals surface area contributed by atoms with Crippen LogP contribution in [0.4, 0.5) is 5.69 Å². The number of carbonyl (C=O) groups excluding carboxylic acids is 1. The van der Waals surface area contributed by atoms with Crippen LogP contribution in [0.2, 0.25) is 0 Å². The van der Waals surface area contributed by atoms with E-state index in [1.165, 1.54) is 18.5 Å². The zero-order valence-corrected chi connectivity index (χ0v) is 11.1. The average Bonchev–Trinajstić information content (AvgIpc) is 2.49. The molecule has 0 saturated carbocycles. The molecule has 0 fully saturated rings. The van der Waals surface area contributed by atoms with Crippen molar-refractivity contribution in [3.05, 3.63) is 54.4 Å². The summed E-state index contributed by atoms with van der Waals surface area (Å²) >= 11 is 0. The van der Waals surface area contributed by atoms with Gasteiger partial charge in [-0.2, -0.15) is 0 Å². The van der Waals surface area contributed by atoms with Crippen LogP contribution in [0.3, 0.4) is 0 Å². The van der Waals surface area contributed by atoms with E-state index in [0.29, 0.717) is 19.5 Å². The van der Waals surface area contributed by atoms with Gasteiger partial charge in [0.2, 0.25) is 0 Å². The fourth-order valence-electron chi connectivity index (χ4n) is 1.92. The van der Waals surface area contributed by atoms with E-state index in [4.69, 9.17) is 5.73 Å². The van der Waals surface area contributed by atoms with Crippen LogP contribution < -0.4 is 10.6 Å². The lowest BCUT2D eigenvalue weighted by Gasteiger charge is -2.23. The third-order valence-electron chi connectivity index (χ3n) is 2.93. The van der Waals surface area contributed by atoms with E-state index in [9.17, 15) is 9.90 Å². The van der Waals surface area contributed by atoms with Gasteiger partial charge in [-0.15, -0.1) is 0 Å². The maximum atomic E-state index is 12.6. The first-order valence-corrected chi connectivity index (χ1v) is 6.44. The molecule has 0 aliphatic heterocycles. The second kappa shape index (κ2) is 6.68. The van der Waals surface area contributed by atoms with Crippen LogP contribution in [0.1, 0.15) is 16.8 Å². The van der Waals surface area contributed by atoms with Crippen LogP contribution in [0.5, 0.6) is 5.75 Å². The van der Waals surface area contributed by atoms with Gasteiger partial charge in [0.1, 0.15) is 5.75 Å². The fraction of sp³-hybridized carbons (Fsp3) is 0.200. The number of rotatable bonds is 5. The molecule has 1 aromatic carbocycles. The van der Waals surface area contributed by atoms with Crippen LogP contribution >= 0.6 is 0 Å². The number of amides is 1. The van der Waals surface area contributed by atoms with Gasteiger partial charge in [0, 0.05) is 18.4 Å². The number of benzene rings is 1. The minimum atomic E-state index is -0.260. The van der Waals surface area contributed by atoms with Crippen molar-refractivity contribution >= 4 is 11.6 Å². The maximum absolute atomic E-state index is 12.6. The Morgan fingerprint density at radius 3 is 2.65 bits per heavy atom. The minimum absolute atomic E-state index is 0.119. The Kier molecular flexibility index (Phi) is 4.68. The number of nitrogens with zero attached hydrogens (tertiary/aromatic N) is 2. The molecule has 0 atom stereocenters. The van der Waals surface area contributed by atoms with Gasteiger partial charge in [-0.3, -0.25) is 9.78 Å². The number of carbonyl (C=O) groups is 1. The summed E-state index contributed by atoms with van der Waals surface area (Å²) in [5.74, 6) is -0.379. The van der Waals surface area contributed by atoms with Crippen LogP contribution in [0.15, 0.2) is 48.8 Å². The summed E-state index contributed by atoms with van der Waals surface area (Å²) in [5, 5.41) is 9.77. The second-order valence-corrected chi connectivity index (χ2v) is 4.33. The van der Waals surface area contributed by atoms with Gasteiger partial charge < -0.3 is 15.7 Å². The highest BCUT2D eigenvalue weighted by atomic mass is 16.3. The molecule has 0 saturated heterocycles. The first-order valence-electron chi connectivity index (χ1n) is 6.44. The second-order valence-electron chi connectivity index (χ2n) is 4.33. The average molecular weight is 271 g/mol. The van der Waals surface area contributed by atoms with E-state index in [-0.39, 0.29) is 17.2 Å². The quantitative estimate of drug-likeness (QED) is 0.868. The highest BCUT2D eigenvalue weighted by Crippen LogP contribution is 2.21. The molecular formula is C15H17N3O2. The Morgan fingerprint density at radius 2 is 2.00 bits per heavy atom. The van der Waals surface area contributed by atoms with Crippen molar-refractivity contribution in [2.24, 2.45) is 5.73 Å². The number of pyridine rings is 1. The summed E-state index contributed by atoms with van der Waals surface area (Å²) in [5.41, 5.74) is 6.54. The Labute approximate surface area is 117 Å². The molecule has 0 spiro atoms. The van der Waals surface area contributed by atoms with Crippen molar-refractivity contribution in [1.29, 1.82) is 0 Å². The molecule has 5 nitrogen and oxygen atoms in total. The number of nitrogens with two attached hydrogens (primary N) is 1. The normalized spacial score (nSPS) is 10.2. The van der Waals surface area contributed by atoms with Crippen molar-refractivity contribution in [3.63, 3.8) is 0 Å². The Hall–Kier alpha value is -2.40. The predicted molar refractivity (Wildman–Crippen MR) is 77.7 cm³/mol. The lowest BCUT2D eigenvalue weighted by molar-refractivity contribution is 0.0984. The molecule has 0 radical (unpaired) electrons. The molecule has 0 bridgehead atoms. The Balaban J connectivity index is 2.32. The number of para-hydroxylation sites is 1. The van der Waals surface area contributed by atoms with Crippen LogP contribution in [-0.2, 0) is 0 Å². The van der Waals surface area contributed by atoms with Crippen molar-refractivity contribution in [2.45, 2.75) is 6.42 Å². The SMILES string of the molecule is NCCCN(C(=O)c1ccncc1O)c1ccccc1. The summed E-state index contributed by atoms with van der Waals surface area (Å²) in [6, 6.07) is 10.8. The van der Waals surface area contributed by atoms with Crippen LogP contribution in [0, 0.1) is 0 Å². The topological polar surface area (TPSA) is 79.5 Å². The van der Waals surface area contributed by atoms with E-state index in [2.05, 4.69) is 4.98 Å². The molecule has 3 N–H and O–H groups in total. The molecule has 0 unspecified atom stereocenters. The predicted octanol–water partition coefficient (Wildman–Crippen LogP) is 1.78. The third-order valence-corrected chi connectivity index (χ3v) is 2.93. The van der Waals surface area contributed by atoms with Gasteiger partial charge in [0.15, 0.2) is 0 Å². The smallest absolute Gasteiger partial charge is 0.262 e. The minimum Gasteiger partial charge on any atom is -0.505 e. The maximum Gasteiger partial charge on any atom is 0.262 e. The van der Waals surface area contributed by atoms with Gasteiger partial charge in [0.25, 0.3) is 5.91 Å². The largest absolute Gasteiger partial charge is 0.505 e. The molecule has 1 amide bonds. The highest BCUT2D eigenvalue weighted by molar-refractivity contribution is 6.07. The van der Waals surface area contributed by atoms with E-state index in [1.807, 2.05) is 30.3 Å². The summed E-state index contributed by atoms with van der Waals surface area (Å²) in [6.45, 7) is 1.00. The number of hydrogen-bond acceptors (Lipinski definition) is 4. The zero-order chi connectivity index (χ0) is 14.4. The molecule has 1 heterocycles. The molecule has 1 aromatic heterocycles. The van der Waals surface area contributed by atoms with Crippen LogP contribution in [0.25, 0.3) is 0 Å². The Morgan fingerprint density at radius 1 is 1.25 bits per heavy atom. The van der Waals surface area contributed by atoms with Crippen molar-refractivity contribution in [3.8, 4) is 5.75 Å². The fourth-order valence-corrected chi connectivity index (χ4v) is 1.92. The summed E-state index contributed by atoms with van der Waals surface area (Å²) < 4.78 is 0. The molecular weight excluding hydrogens is 254 g/mol. The molecule has 0 aliphatic carbocycles. The number of aromatic hydroxyl groups is 1. The molecule has 5 heteroatoms. The lowest BCUT2D eigenvalue weighted by atomic mass is 10.2. The van der Waals surface area contributed by atoms with Crippen molar-refractivity contribution < 1.29 is 9.90 Å². The standard InChI is InChI=1S/C15H17N3O2/c16-8-4-10-18(12-5-2-1-3-6-12)15(20)13-7-9-17-11-14(13)19/h1-3,5-7,9,11,19H,4,8,10,16H2. The van der Waals surface area contributed by atoms with Crippen molar-refractivity contribution in [2.75, 3.05) is 18.0 Å². The number of aromatic nitrogens is 1. The summed E-state index contributed by atoms with van der Waals surface area (Å²) in [6.07, 6.45) is 3.44. The summed E-state index contributed by atoms with van der Waals surface area (Å²) in [7, 11) is 0. The first-order chi connectivity index (χ1) is 9.74. The van der Waals surface area contributed by atoms with Gasteiger partial charge in [-0.05, 0) is 31.2 Å². The van der Waals surface area contributed by atoms with E-state index >= 15 is 0 Å². The highest BCUT2D eigenvalue weighted by Gasteiger charge is 2.19. The molecule has 2 aromatic rings. The summed E-state index contributed by atoms with van der Waals surface area (Å²) in [4.78, 5) is 18.0. The lowest BCUT2D eigenvalue weighted by Crippen LogP contribution is -2.33. The number of anilines is 1. The third kappa shape index (κ3) is 3.13. The van der Waals surface area contributed by atoms with Crippen molar-refractivity contribution in [1.82, 2.24) is 4.98 Å². The van der Waals surface area contributed by atoms with Crippen LogP contribution in [-0.4, -0.2) is 29.1 Å². The Bertz CT molecular complexity index is 572.